The van der Waals surface area contributed by atoms with Gasteiger partial charge in [-0.05, 0) is 143 Å². The second-order valence-electron chi connectivity index (χ2n) is 11.1. The predicted molar refractivity (Wildman–Crippen MR) is 183 cm³/mol. The van der Waals surface area contributed by atoms with E-state index in [0.717, 1.165) is 51.5 Å². The van der Waals surface area contributed by atoms with Gasteiger partial charge in [0, 0.05) is 13.1 Å². The molecule has 0 bridgehead atoms. The molecule has 0 aliphatic heterocycles. The molecular weight excluding hydrogens is 524 g/mol. The molecule has 1 atom stereocenters. The van der Waals surface area contributed by atoms with Gasteiger partial charge in [-0.3, -0.25) is 0 Å². The molecule has 3 N–H and O–H groups in total. The smallest absolute Gasteiger partial charge is 0.0760 e. The molecule has 0 spiro atoms. The highest BCUT2D eigenvalue weighted by molar-refractivity contribution is 6.13. The largest absolute Gasteiger partial charge is 0.373 e. The third kappa shape index (κ3) is 12.3. The fourth-order valence-electron chi connectivity index (χ4n) is 5.07. The molecule has 0 fully saturated rings. The Morgan fingerprint density at radius 1 is 1.02 bits per heavy atom. The van der Waals surface area contributed by atoms with Gasteiger partial charge < -0.3 is 10.5 Å². The molecule has 1 aromatic rings. The number of aryl methyl sites for hydroxylation is 2. The molecule has 228 valence electrons. The van der Waals surface area contributed by atoms with Crippen LogP contribution in [0.2, 0.25) is 0 Å². The SMILES string of the molecule is C=C(CCC(=C)/C(C)=C(C)/C(/C=C(/CC)C(C)OCCN)=C/C)/C(C)=C(\C)Cc1ccc(CCCNCl)c(CC)c1. The van der Waals surface area contributed by atoms with Crippen LogP contribution in [0.5, 0.6) is 0 Å². The molecule has 3 nitrogen and oxygen atoms in total. The first-order chi connectivity index (χ1) is 19.5. The molecule has 0 heterocycles. The highest BCUT2D eigenvalue weighted by atomic mass is 35.5. The molecule has 0 aliphatic carbocycles. The molecule has 0 saturated carbocycles. The van der Waals surface area contributed by atoms with Crippen molar-refractivity contribution in [2.75, 3.05) is 19.7 Å². The van der Waals surface area contributed by atoms with Crippen molar-refractivity contribution in [2.45, 2.75) is 106 Å². The van der Waals surface area contributed by atoms with Crippen LogP contribution >= 0.6 is 11.8 Å². The zero-order valence-electron chi connectivity index (χ0n) is 27.3. The number of nitrogens with two attached hydrogens (primary N) is 1. The van der Waals surface area contributed by atoms with Crippen LogP contribution in [0, 0.1) is 0 Å². The van der Waals surface area contributed by atoms with E-state index in [9.17, 15) is 0 Å². The second kappa shape index (κ2) is 19.9. The van der Waals surface area contributed by atoms with Gasteiger partial charge in [0.25, 0.3) is 0 Å². The minimum Gasteiger partial charge on any atom is -0.373 e. The van der Waals surface area contributed by atoms with Gasteiger partial charge in [-0.1, -0.05) is 74.1 Å². The normalized spacial score (nSPS) is 14.5. The van der Waals surface area contributed by atoms with Gasteiger partial charge in [0.1, 0.15) is 0 Å². The highest BCUT2D eigenvalue weighted by Crippen LogP contribution is 2.28. The maximum Gasteiger partial charge on any atom is 0.0760 e. The Hall–Kier alpha value is -2.17. The van der Waals surface area contributed by atoms with Crippen LogP contribution in [-0.2, 0) is 24.0 Å². The Labute approximate surface area is 257 Å². The summed E-state index contributed by atoms with van der Waals surface area (Å²) in [6, 6.07) is 6.96. The van der Waals surface area contributed by atoms with Gasteiger partial charge in [0.2, 0.25) is 0 Å². The van der Waals surface area contributed by atoms with E-state index in [1.54, 1.807) is 0 Å². The van der Waals surface area contributed by atoms with E-state index in [-0.39, 0.29) is 6.10 Å². The molecule has 0 radical (unpaired) electrons. The van der Waals surface area contributed by atoms with Gasteiger partial charge in [-0.25, -0.2) is 4.84 Å². The number of nitrogens with one attached hydrogen (secondary N) is 1. The van der Waals surface area contributed by atoms with Crippen molar-refractivity contribution in [3.63, 3.8) is 0 Å². The fourth-order valence-corrected chi connectivity index (χ4v) is 5.21. The van der Waals surface area contributed by atoms with Crippen molar-refractivity contribution in [2.24, 2.45) is 5.73 Å². The molecule has 0 saturated heterocycles. The van der Waals surface area contributed by atoms with E-state index in [0.29, 0.717) is 13.2 Å². The van der Waals surface area contributed by atoms with Crippen LogP contribution < -0.4 is 10.6 Å². The van der Waals surface area contributed by atoms with Crippen molar-refractivity contribution in [1.29, 1.82) is 0 Å². The minimum atomic E-state index is 0.0567. The third-order valence-electron chi connectivity index (χ3n) is 8.33. The number of ether oxygens (including phenoxy) is 1. The highest BCUT2D eigenvalue weighted by Gasteiger charge is 2.12. The summed E-state index contributed by atoms with van der Waals surface area (Å²) in [5.41, 5.74) is 19.9. The molecule has 1 rings (SSSR count). The van der Waals surface area contributed by atoms with Gasteiger partial charge in [0.05, 0.1) is 12.7 Å². The molecule has 0 aromatic heterocycles. The summed E-state index contributed by atoms with van der Waals surface area (Å²) in [6.07, 6.45) is 11.4. The summed E-state index contributed by atoms with van der Waals surface area (Å²) < 4.78 is 5.88. The summed E-state index contributed by atoms with van der Waals surface area (Å²) in [5.74, 6) is 0. The number of halogens is 1. The van der Waals surface area contributed by atoms with E-state index < -0.39 is 0 Å². The molecule has 1 unspecified atom stereocenters. The molecule has 4 heteroatoms. The van der Waals surface area contributed by atoms with Crippen molar-refractivity contribution >= 4 is 11.8 Å². The number of hydrogen-bond acceptors (Lipinski definition) is 3. The number of hydrogen-bond donors (Lipinski definition) is 2. The van der Waals surface area contributed by atoms with E-state index >= 15 is 0 Å². The quantitative estimate of drug-likeness (QED) is 0.0972. The Morgan fingerprint density at radius 2 is 1.68 bits per heavy atom. The maximum atomic E-state index is 5.88. The molecule has 0 aliphatic rings. The second-order valence-corrected chi connectivity index (χ2v) is 11.4. The Balaban J connectivity index is 2.93. The lowest BCUT2D eigenvalue weighted by molar-refractivity contribution is 0.0944. The summed E-state index contributed by atoms with van der Waals surface area (Å²) in [5, 5.41) is 0. The summed E-state index contributed by atoms with van der Waals surface area (Å²) in [7, 11) is 0. The Bertz CT molecular complexity index is 1140. The van der Waals surface area contributed by atoms with Crippen LogP contribution in [0.25, 0.3) is 0 Å². The monoisotopic (exact) mass is 580 g/mol. The molecular formula is C37H57ClN2O. The van der Waals surface area contributed by atoms with Crippen LogP contribution in [0.3, 0.4) is 0 Å². The lowest BCUT2D eigenvalue weighted by atomic mass is 9.90. The van der Waals surface area contributed by atoms with E-state index in [4.69, 9.17) is 22.2 Å². The van der Waals surface area contributed by atoms with Gasteiger partial charge in [0.15, 0.2) is 0 Å². The van der Waals surface area contributed by atoms with Gasteiger partial charge in [-0.2, -0.15) is 0 Å². The number of benzene rings is 1. The summed E-state index contributed by atoms with van der Waals surface area (Å²) >= 11 is 5.63. The zero-order chi connectivity index (χ0) is 30.9. The van der Waals surface area contributed by atoms with Gasteiger partial charge in [-0.15, -0.1) is 0 Å². The van der Waals surface area contributed by atoms with Crippen LogP contribution in [0.4, 0.5) is 0 Å². The molecule has 41 heavy (non-hydrogen) atoms. The van der Waals surface area contributed by atoms with Crippen molar-refractivity contribution in [3.05, 3.63) is 105 Å². The predicted octanol–water partition coefficient (Wildman–Crippen LogP) is 9.68. The Kier molecular flexibility index (Phi) is 17.9. The average Bonchev–Trinajstić information content (AvgIpc) is 2.98. The van der Waals surface area contributed by atoms with Crippen LogP contribution in [0.1, 0.15) is 97.8 Å². The van der Waals surface area contributed by atoms with Crippen LogP contribution in [-0.4, -0.2) is 25.8 Å². The molecule has 1 aromatic carbocycles. The van der Waals surface area contributed by atoms with Crippen molar-refractivity contribution in [1.82, 2.24) is 4.84 Å². The number of rotatable bonds is 19. The summed E-state index contributed by atoms with van der Waals surface area (Å²) in [6.45, 7) is 28.3. The Morgan fingerprint density at radius 3 is 2.24 bits per heavy atom. The van der Waals surface area contributed by atoms with E-state index in [2.05, 4.69) is 104 Å². The van der Waals surface area contributed by atoms with Crippen molar-refractivity contribution in [3.8, 4) is 0 Å². The van der Waals surface area contributed by atoms with Crippen molar-refractivity contribution < 1.29 is 4.74 Å². The van der Waals surface area contributed by atoms with E-state index in [1.807, 2.05) is 0 Å². The first-order valence-corrected chi connectivity index (χ1v) is 15.7. The number of allylic oxidation sites excluding steroid dienone is 9. The minimum absolute atomic E-state index is 0.0567. The van der Waals surface area contributed by atoms with Gasteiger partial charge >= 0.3 is 0 Å². The average molecular weight is 581 g/mol. The standard InChI is InChI=1S/C37H57ClN2O/c1-11-34(25-35(12-2)32(10)41-22-20-39)31(9)30(8)27(5)17-16-26(4)29(7)28(6)23-33-18-19-37(15-14-21-40-38)36(13-3)24-33/h11,18-19,24-25,32,40H,4-5,12-17,20-23,39H2,1-3,6-10H3/b29-28+,31-30+,34-11+,35-25-. The van der Waals surface area contributed by atoms with E-state index in [1.165, 1.54) is 61.3 Å². The maximum absolute atomic E-state index is 5.88. The molecule has 0 amide bonds. The van der Waals surface area contributed by atoms with Crippen LogP contribution in [0.15, 0.2) is 88.1 Å². The zero-order valence-corrected chi connectivity index (χ0v) is 28.1. The third-order valence-corrected chi connectivity index (χ3v) is 8.52. The topological polar surface area (TPSA) is 47.3 Å². The lowest BCUT2D eigenvalue weighted by Gasteiger charge is -2.18. The first kappa shape index (κ1) is 36.9. The fraction of sp³-hybridized carbons (Fsp3) is 0.514. The summed E-state index contributed by atoms with van der Waals surface area (Å²) in [4.78, 5) is 2.73. The first-order valence-electron chi connectivity index (χ1n) is 15.4. The lowest BCUT2D eigenvalue weighted by Crippen LogP contribution is -2.17.